The largest absolute Gasteiger partial charge is 0.497 e. The summed E-state index contributed by atoms with van der Waals surface area (Å²) in [6.07, 6.45) is 3.93. The van der Waals surface area contributed by atoms with Gasteiger partial charge in [-0.15, -0.1) is 0 Å². The number of nitriles is 1. The predicted molar refractivity (Wildman–Crippen MR) is 164 cm³/mol. The number of nitrogens with one attached hydrogen (secondary N) is 1. The summed E-state index contributed by atoms with van der Waals surface area (Å²) in [5.74, 6) is 0.762. The van der Waals surface area contributed by atoms with Gasteiger partial charge in [-0.25, -0.2) is 9.78 Å². The molecule has 44 heavy (non-hydrogen) atoms. The van der Waals surface area contributed by atoms with Gasteiger partial charge in [0.2, 0.25) is 0 Å². The van der Waals surface area contributed by atoms with Crippen molar-refractivity contribution in [2.75, 3.05) is 25.1 Å². The summed E-state index contributed by atoms with van der Waals surface area (Å²) in [6.45, 7) is 6.36. The van der Waals surface area contributed by atoms with Crippen molar-refractivity contribution in [3.8, 4) is 11.8 Å². The zero-order valence-electron chi connectivity index (χ0n) is 25.2. The standard InChI is InChI=1S/C32H35N7O5/c1-32(2,3)44-31(42)36-23-11-8-14-37(17-23)29-25(16-33)27-28(39(29)18-22-10-5-6-13-34-22)30(41)38(20-35-27)19-26(40)21-9-7-12-24(15-21)43-4/h5-7,9-10,12-13,15,20,23H,8,11,14,17-19H2,1-4H3,(H,36,42). The Bertz CT molecular complexity index is 1780. The molecule has 1 atom stereocenters. The number of hydrogen-bond donors (Lipinski definition) is 1. The minimum Gasteiger partial charge on any atom is -0.497 e. The highest BCUT2D eigenvalue weighted by Gasteiger charge is 2.31. The van der Waals surface area contributed by atoms with E-state index in [0.29, 0.717) is 35.9 Å². The smallest absolute Gasteiger partial charge is 0.407 e. The number of carbonyl (C=O) groups is 2. The molecule has 12 heteroatoms. The highest BCUT2D eigenvalue weighted by atomic mass is 16.6. The van der Waals surface area contributed by atoms with Crippen molar-refractivity contribution in [3.63, 3.8) is 0 Å². The molecule has 1 aliphatic rings. The Morgan fingerprint density at radius 3 is 2.68 bits per heavy atom. The molecule has 1 N–H and O–H groups in total. The van der Waals surface area contributed by atoms with E-state index in [4.69, 9.17) is 9.47 Å². The van der Waals surface area contributed by atoms with Gasteiger partial charge in [-0.05, 0) is 57.9 Å². The third kappa shape index (κ3) is 6.57. The number of nitrogens with zero attached hydrogens (tertiary/aromatic N) is 6. The Labute approximate surface area is 254 Å². The monoisotopic (exact) mass is 597 g/mol. The number of benzene rings is 1. The number of aromatic nitrogens is 4. The molecule has 1 fully saturated rings. The average Bonchev–Trinajstić information content (AvgIpc) is 3.31. The quantitative estimate of drug-likeness (QED) is 0.299. The van der Waals surface area contributed by atoms with Gasteiger partial charge in [0.25, 0.3) is 5.56 Å². The molecule has 4 aromatic rings. The number of amides is 1. The first-order chi connectivity index (χ1) is 21.1. The minimum atomic E-state index is -0.638. The number of carbonyl (C=O) groups excluding carboxylic acids is 2. The third-order valence-electron chi connectivity index (χ3n) is 7.31. The second-order valence-electron chi connectivity index (χ2n) is 11.7. The molecule has 0 aliphatic carbocycles. The Hall–Kier alpha value is -5.18. The maximum atomic E-state index is 14.0. The molecule has 0 spiro atoms. The summed E-state index contributed by atoms with van der Waals surface area (Å²) < 4.78 is 13.7. The molecule has 1 aliphatic heterocycles. The van der Waals surface area contributed by atoms with Gasteiger partial charge < -0.3 is 24.3 Å². The van der Waals surface area contributed by atoms with Crippen molar-refractivity contribution >= 4 is 28.7 Å². The first kappa shape index (κ1) is 30.3. The molecule has 0 bridgehead atoms. The number of methoxy groups -OCH3 is 1. The summed E-state index contributed by atoms with van der Waals surface area (Å²) >= 11 is 0. The van der Waals surface area contributed by atoms with Crippen LogP contribution in [0.4, 0.5) is 10.6 Å². The van der Waals surface area contributed by atoms with Crippen LogP contribution in [0.1, 0.15) is 55.2 Å². The molecule has 1 aromatic carbocycles. The lowest BCUT2D eigenvalue weighted by Crippen LogP contribution is -2.49. The molecular formula is C32H35N7O5. The first-order valence-electron chi connectivity index (χ1n) is 14.4. The molecule has 228 valence electrons. The number of anilines is 1. The van der Waals surface area contributed by atoms with Gasteiger partial charge in [-0.1, -0.05) is 18.2 Å². The van der Waals surface area contributed by atoms with Crippen LogP contribution in [-0.4, -0.2) is 62.8 Å². The van der Waals surface area contributed by atoms with Crippen molar-refractivity contribution in [1.82, 2.24) is 24.4 Å². The number of Topliss-reactive ketones (excluding diaryl/α,β-unsaturated/α-hetero) is 1. The average molecular weight is 598 g/mol. The van der Waals surface area contributed by atoms with Gasteiger partial charge in [0.15, 0.2) is 5.78 Å². The van der Waals surface area contributed by atoms with Crippen LogP contribution in [0, 0.1) is 11.3 Å². The summed E-state index contributed by atoms with van der Waals surface area (Å²) in [6, 6.07) is 14.2. The van der Waals surface area contributed by atoms with E-state index in [9.17, 15) is 19.6 Å². The van der Waals surface area contributed by atoms with E-state index in [-0.39, 0.29) is 41.5 Å². The van der Waals surface area contributed by atoms with E-state index in [2.05, 4.69) is 21.4 Å². The SMILES string of the molecule is COc1cccc(C(=O)Cn2cnc3c(C#N)c(N4CCCC(NC(=O)OC(C)(C)C)C4)n(Cc4ccccn4)c3c2=O)c1. The Kier molecular flexibility index (Phi) is 8.66. The summed E-state index contributed by atoms with van der Waals surface area (Å²) in [5.41, 5.74) is 0.679. The van der Waals surface area contributed by atoms with Crippen LogP contribution in [0.25, 0.3) is 11.0 Å². The van der Waals surface area contributed by atoms with Crippen LogP contribution in [0.3, 0.4) is 0 Å². The molecule has 5 rings (SSSR count). The lowest BCUT2D eigenvalue weighted by atomic mass is 10.1. The van der Waals surface area contributed by atoms with E-state index in [0.717, 1.165) is 12.8 Å². The van der Waals surface area contributed by atoms with Crippen LogP contribution in [-0.2, 0) is 17.8 Å². The molecule has 1 saturated heterocycles. The lowest BCUT2D eigenvalue weighted by Gasteiger charge is -2.35. The maximum absolute atomic E-state index is 14.0. The molecule has 3 aromatic heterocycles. The van der Waals surface area contributed by atoms with E-state index in [1.807, 2.05) is 17.0 Å². The molecule has 0 radical (unpaired) electrons. The Morgan fingerprint density at radius 2 is 1.98 bits per heavy atom. The fourth-order valence-corrected chi connectivity index (χ4v) is 5.41. The fraction of sp³-hybridized carbons (Fsp3) is 0.375. The van der Waals surface area contributed by atoms with Crippen LogP contribution in [0.5, 0.6) is 5.75 Å². The van der Waals surface area contributed by atoms with Crippen LogP contribution in [0.15, 0.2) is 59.8 Å². The number of ether oxygens (including phenoxy) is 2. The van der Waals surface area contributed by atoms with Crippen molar-refractivity contribution in [2.45, 2.75) is 58.3 Å². The topological polar surface area (TPSA) is 144 Å². The molecule has 4 heterocycles. The van der Waals surface area contributed by atoms with Crippen molar-refractivity contribution in [3.05, 3.63) is 82.2 Å². The second kappa shape index (κ2) is 12.6. The number of fused-ring (bicyclic) bond motifs is 1. The second-order valence-corrected chi connectivity index (χ2v) is 11.7. The van der Waals surface area contributed by atoms with Gasteiger partial charge in [0, 0.05) is 30.9 Å². The maximum Gasteiger partial charge on any atom is 0.407 e. The van der Waals surface area contributed by atoms with Crippen LogP contribution >= 0.6 is 0 Å². The summed E-state index contributed by atoms with van der Waals surface area (Å²) in [7, 11) is 1.52. The van der Waals surface area contributed by atoms with E-state index < -0.39 is 17.3 Å². The number of hydrogen-bond acceptors (Lipinski definition) is 9. The highest BCUT2D eigenvalue weighted by Crippen LogP contribution is 2.32. The van der Waals surface area contributed by atoms with Gasteiger partial charge >= 0.3 is 6.09 Å². The van der Waals surface area contributed by atoms with Gasteiger partial charge in [-0.2, -0.15) is 5.26 Å². The number of alkyl carbamates (subject to hydrolysis) is 1. The Morgan fingerprint density at radius 1 is 1.16 bits per heavy atom. The number of piperidine rings is 1. The highest BCUT2D eigenvalue weighted by molar-refractivity contribution is 5.96. The van der Waals surface area contributed by atoms with Crippen molar-refractivity contribution in [2.24, 2.45) is 0 Å². The van der Waals surface area contributed by atoms with Gasteiger partial charge in [0.1, 0.15) is 39.8 Å². The molecular weight excluding hydrogens is 562 g/mol. The molecule has 1 amide bonds. The summed E-state index contributed by atoms with van der Waals surface area (Å²) in [4.78, 5) is 50.7. The third-order valence-corrected chi connectivity index (χ3v) is 7.31. The zero-order valence-corrected chi connectivity index (χ0v) is 25.2. The molecule has 12 nitrogen and oxygen atoms in total. The molecule has 0 saturated carbocycles. The Balaban J connectivity index is 1.56. The number of pyridine rings is 1. The van der Waals surface area contributed by atoms with Crippen LogP contribution in [0.2, 0.25) is 0 Å². The normalized spacial score (nSPS) is 15.1. The lowest BCUT2D eigenvalue weighted by molar-refractivity contribution is 0.0499. The first-order valence-corrected chi connectivity index (χ1v) is 14.4. The van der Waals surface area contributed by atoms with E-state index in [1.165, 1.54) is 18.0 Å². The van der Waals surface area contributed by atoms with Gasteiger partial charge in [0.05, 0.1) is 32.2 Å². The number of rotatable bonds is 8. The van der Waals surface area contributed by atoms with Gasteiger partial charge in [-0.3, -0.25) is 19.1 Å². The van der Waals surface area contributed by atoms with Crippen molar-refractivity contribution in [1.29, 1.82) is 5.26 Å². The number of ketones is 1. The minimum absolute atomic E-state index is 0.194. The van der Waals surface area contributed by atoms with Crippen molar-refractivity contribution < 1.29 is 19.1 Å². The summed E-state index contributed by atoms with van der Waals surface area (Å²) in [5, 5.41) is 13.3. The van der Waals surface area contributed by atoms with E-state index >= 15 is 0 Å². The predicted octanol–water partition coefficient (Wildman–Crippen LogP) is 3.90. The zero-order chi connectivity index (χ0) is 31.4. The molecule has 1 unspecified atom stereocenters. The van der Waals surface area contributed by atoms with E-state index in [1.54, 1.807) is 61.9 Å². The van der Waals surface area contributed by atoms with Crippen LogP contribution < -0.4 is 20.5 Å². The fourth-order valence-electron chi connectivity index (χ4n) is 5.41.